The van der Waals surface area contributed by atoms with E-state index in [1.807, 2.05) is 13.0 Å². The fourth-order valence-corrected chi connectivity index (χ4v) is 1.43. The summed E-state index contributed by atoms with van der Waals surface area (Å²) in [4.78, 5) is 12.1. The van der Waals surface area contributed by atoms with Crippen LogP contribution in [0.1, 0.15) is 5.69 Å². The van der Waals surface area contributed by atoms with Crippen molar-refractivity contribution < 1.29 is 18.7 Å². The first-order valence-corrected chi connectivity index (χ1v) is 4.91. The summed E-state index contributed by atoms with van der Waals surface area (Å²) in [5, 5.41) is 0.871. The Balaban J connectivity index is 0.000000317. The van der Waals surface area contributed by atoms with Gasteiger partial charge >= 0.3 is 0 Å². The summed E-state index contributed by atoms with van der Waals surface area (Å²) in [7, 11) is 2.77. The Morgan fingerprint density at radius 1 is 1.29 bits per heavy atom. The predicted molar refractivity (Wildman–Crippen MR) is 62.6 cm³/mol. The van der Waals surface area contributed by atoms with Gasteiger partial charge in [-0.25, -0.2) is 4.39 Å². The molecule has 1 N–H and O–H groups in total. The van der Waals surface area contributed by atoms with E-state index >= 15 is 0 Å². The van der Waals surface area contributed by atoms with Gasteiger partial charge in [0.2, 0.25) is 0 Å². The number of carbonyl (C=O) groups is 1. The van der Waals surface area contributed by atoms with E-state index in [0.717, 1.165) is 16.6 Å². The average Bonchev–Trinajstić information content (AvgIpc) is 2.67. The van der Waals surface area contributed by atoms with E-state index in [1.165, 1.54) is 20.3 Å². The first-order valence-electron chi connectivity index (χ1n) is 4.91. The van der Waals surface area contributed by atoms with Gasteiger partial charge in [-0.2, -0.15) is 0 Å². The molecule has 2 aromatic rings. The molecular weight excluding hydrogens is 225 g/mol. The molecule has 2 rings (SSSR count). The summed E-state index contributed by atoms with van der Waals surface area (Å²) in [6.07, 6.45) is 0. The zero-order chi connectivity index (χ0) is 12.8. The Kier molecular flexibility index (Phi) is 4.51. The van der Waals surface area contributed by atoms with Crippen LogP contribution in [0.15, 0.2) is 18.2 Å². The van der Waals surface area contributed by atoms with E-state index in [1.54, 1.807) is 6.07 Å². The van der Waals surface area contributed by atoms with Crippen molar-refractivity contribution in [2.45, 2.75) is 6.92 Å². The van der Waals surface area contributed by atoms with Crippen molar-refractivity contribution in [3.05, 3.63) is 29.7 Å². The molecule has 1 aromatic carbocycles. The van der Waals surface area contributed by atoms with Crippen LogP contribution in [0.25, 0.3) is 10.9 Å². The average molecular weight is 239 g/mol. The molecule has 0 amide bonds. The number of rotatable bonds is 2. The molecule has 0 aliphatic heterocycles. The number of nitrogens with one attached hydrogen (secondary N) is 1. The second-order valence-corrected chi connectivity index (χ2v) is 3.36. The molecule has 0 aliphatic rings. The van der Waals surface area contributed by atoms with Crippen LogP contribution in [0, 0.1) is 12.7 Å². The van der Waals surface area contributed by atoms with Crippen LogP contribution in [-0.2, 0) is 9.53 Å². The number of H-pyrrole nitrogens is 1. The molecule has 0 spiro atoms. The lowest BCUT2D eigenvalue weighted by molar-refractivity contribution is -0.126. The summed E-state index contributed by atoms with van der Waals surface area (Å²) in [6.45, 7) is 2.31. The third-order valence-electron chi connectivity index (χ3n) is 2.12. The molecule has 1 heterocycles. The number of halogens is 1. The van der Waals surface area contributed by atoms with E-state index in [9.17, 15) is 4.39 Å². The monoisotopic (exact) mass is 239 g/mol. The van der Waals surface area contributed by atoms with Crippen molar-refractivity contribution in [1.82, 2.24) is 4.98 Å². The van der Waals surface area contributed by atoms with Crippen molar-refractivity contribution >= 4 is 17.4 Å². The van der Waals surface area contributed by atoms with Gasteiger partial charge in [0.05, 0.1) is 14.2 Å². The maximum absolute atomic E-state index is 13.2. The van der Waals surface area contributed by atoms with Crippen molar-refractivity contribution in [3.8, 4) is 5.75 Å². The fourth-order valence-electron chi connectivity index (χ4n) is 1.43. The van der Waals surface area contributed by atoms with Crippen LogP contribution in [-0.4, -0.2) is 25.7 Å². The Morgan fingerprint density at radius 3 is 2.47 bits per heavy atom. The van der Waals surface area contributed by atoms with Gasteiger partial charge in [-0.05, 0) is 19.1 Å². The number of aromatic amines is 1. The van der Waals surface area contributed by atoms with Gasteiger partial charge in [-0.3, -0.25) is 4.79 Å². The van der Waals surface area contributed by atoms with Crippen LogP contribution < -0.4 is 4.74 Å². The molecule has 0 aliphatic carbocycles. The highest BCUT2D eigenvalue weighted by Crippen LogP contribution is 2.24. The molecule has 4 nitrogen and oxygen atoms in total. The Hall–Kier alpha value is -2.04. The lowest BCUT2D eigenvalue weighted by atomic mass is 10.2. The van der Waals surface area contributed by atoms with Gasteiger partial charge in [-0.1, -0.05) is 0 Å². The number of carbonyl (C=O) groups excluding carboxylic acids is 1. The summed E-state index contributed by atoms with van der Waals surface area (Å²) in [5.74, 6) is -0.0525. The molecule has 0 saturated heterocycles. The zero-order valence-electron chi connectivity index (χ0n) is 9.91. The molecule has 0 unspecified atom stereocenters. The zero-order valence-corrected chi connectivity index (χ0v) is 9.91. The number of aromatic nitrogens is 1. The molecule has 0 bridgehead atoms. The van der Waals surface area contributed by atoms with Crippen molar-refractivity contribution in [1.29, 1.82) is 0 Å². The number of aryl methyl sites for hydroxylation is 1. The molecule has 17 heavy (non-hydrogen) atoms. The third kappa shape index (κ3) is 3.21. The van der Waals surface area contributed by atoms with Gasteiger partial charge in [0, 0.05) is 22.7 Å². The maximum atomic E-state index is 13.2. The molecule has 0 radical (unpaired) electrons. The van der Waals surface area contributed by atoms with Gasteiger partial charge in [0.25, 0.3) is 6.47 Å². The Bertz CT molecular complexity index is 508. The largest absolute Gasteiger partial charge is 0.494 e. The first-order chi connectivity index (χ1) is 8.12. The van der Waals surface area contributed by atoms with Crippen LogP contribution in [0.5, 0.6) is 5.75 Å². The van der Waals surface area contributed by atoms with E-state index in [4.69, 9.17) is 9.53 Å². The standard InChI is InChI=1S/C10H10FNO.C2H4O2/c1-6-3-7-4-8(11)10(13-2)5-9(7)12-6;1-4-2-3/h3-5,12H,1-2H3;2H,1H3. The van der Waals surface area contributed by atoms with E-state index in [2.05, 4.69) is 9.72 Å². The number of benzene rings is 1. The van der Waals surface area contributed by atoms with Crippen molar-refractivity contribution in [3.63, 3.8) is 0 Å². The minimum absolute atomic E-state index is 0.273. The lowest BCUT2D eigenvalue weighted by Gasteiger charge is -2.00. The van der Waals surface area contributed by atoms with E-state index in [0.29, 0.717) is 6.47 Å². The summed E-state index contributed by atoms with van der Waals surface area (Å²) >= 11 is 0. The first kappa shape index (κ1) is 13.0. The molecule has 0 fully saturated rings. The smallest absolute Gasteiger partial charge is 0.292 e. The summed E-state index contributed by atoms with van der Waals surface area (Å²) < 4.78 is 21.9. The van der Waals surface area contributed by atoms with Crippen LogP contribution >= 0.6 is 0 Å². The third-order valence-corrected chi connectivity index (χ3v) is 2.12. The van der Waals surface area contributed by atoms with Crippen LogP contribution in [0.3, 0.4) is 0 Å². The second kappa shape index (κ2) is 5.89. The van der Waals surface area contributed by atoms with Gasteiger partial charge < -0.3 is 14.5 Å². The van der Waals surface area contributed by atoms with Gasteiger partial charge in [0.15, 0.2) is 11.6 Å². The topological polar surface area (TPSA) is 51.3 Å². The number of ether oxygens (including phenoxy) is 2. The van der Waals surface area contributed by atoms with E-state index < -0.39 is 0 Å². The molecule has 1 aromatic heterocycles. The predicted octanol–water partition coefficient (Wildman–Crippen LogP) is 2.41. The minimum atomic E-state index is -0.325. The Labute approximate surface area is 98.3 Å². The summed E-state index contributed by atoms with van der Waals surface area (Å²) in [5.41, 5.74) is 1.92. The highest BCUT2D eigenvalue weighted by atomic mass is 19.1. The molecule has 0 saturated carbocycles. The molecule has 92 valence electrons. The number of hydrogen-bond donors (Lipinski definition) is 1. The SMILES string of the molecule is COC=O.COc1cc2[nH]c(C)cc2cc1F. The number of hydrogen-bond acceptors (Lipinski definition) is 3. The maximum Gasteiger partial charge on any atom is 0.292 e. The minimum Gasteiger partial charge on any atom is -0.494 e. The molecule has 0 atom stereocenters. The van der Waals surface area contributed by atoms with E-state index in [-0.39, 0.29) is 11.6 Å². The summed E-state index contributed by atoms with van der Waals surface area (Å²) in [6, 6.07) is 5.03. The van der Waals surface area contributed by atoms with Crippen molar-refractivity contribution in [2.24, 2.45) is 0 Å². The Morgan fingerprint density at radius 2 is 1.94 bits per heavy atom. The van der Waals surface area contributed by atoms with Gasteiger partial charge in [-0.15, -0.1) is 0 Å². The molecule has 5 heteroatoms. The number of methoxy groups -OCH3 is 2. The van der Waals surface area contributed by atoms with Crippen molar-refractivity contribution in [2.75, 3.05) is 14.2 Å². The lowest BCUT2D eigenvalue weighted by Crippen LogP contribution is -1.86. The second-order valence-electron chi connectivity index (χ2n) is 3.36. The fraction of sp³-hybridized carbons (Fsp3) is 0.250. The highest BCUT2D eigenvalue weighted by Gasteiger charge is 2.05. The molecular formula is C12H14FNO3. The number of fused-ring (bicyclic) bond motifs is 1. The normalized spacial score (nSPS) is 9.41. The van der Waals surface area contributed by atoms with Crippen LogP contribution in [0.4, 0.5) is 4.39 Å². The highest BCUT2D eigenvalue weighted by molar-refractivity contribution is 5.81. The van der Waals surface area contributed by atoms with Crippen LogP contribution in [0.2, 0.25) is 0 Å². The van der Waals surface area contributed by atoms with Gasteiger partial charge in [0.1, 0.15) is 0 Å². The quantitative estimate of drug-likeness (QED) is 0.819.